The van der Waals surface area contributed by atoms with Crippen molar-refractivity contribution in [2.45, 2.75) is 39.2 Å². The predicted octanol–water partition coefficient (Wildman–Crippen LogP) is 2.72. The molecule has 0 spiro atoms. The monoisotopic (exact) mass is 356 g/mol. The van der Waals surface area contributed by atoms with Gasteiger partial charge in [-0.15, -0.1) is 0 Å². The van der Waals surface area contributed by atoms with Gasteiger partial charge in [0.2, 0.25) is 0 Å². The van der Waals surface area contributed by atoms with Crippen LogP contribution >= 0.6 is 0 Å². The summed E-state index contributed by atoms with van der Waals surface area (Å²) >= 11 is 0. The summed E-state index contributed by atoms with van der Waals surface area (Å²) in [5.41, 5.74) is 2.04. The Hall–Kier alpha value is -2.55. The van der Waals surface area contributed by atoms with Crippen molar-refractivity contribution in [1.29, 1.82) is 5.26 Å². The molecule has 1 saturated heterocycles. The lowest BCUT2D eigenvalue weighted by Crippen LogP contribution is -2.53. The number of hydrogen-bond donors (Lipinski definition) is 0. The van der Waals surface area contributed by atoms with Crippen LogP contribution in [0.1, 0.15) is 37.5 Å². The van der Waals surface area contributed by atoms with E-state index in [9.17, 15) is 14.9 Å². The Balaban J connectivity index is 1.55. The number of aldehydes is 1. The van der Waals surface area contributed by atoms with Crippen molar-refractivity contribution in [3.8, 4) is 11.8 Å². The molecule has 2 aliphatic rings. The van der Waals surface area contributed by atoms with E-state index in [4.69, 9.17) is 9.47 Å². The minimum absolute atomic E-state index is 0.0404. The lowest BCUT2D eigenvalue weighted by molar-refractivity contribution is -0.110. The highest BCUT2D eigenvalue weighted by Gasteiger charge is 2.34. The molecule has 1 unspecified atom stereocenters. The van der Waals surface area contributed by atoms with Crippen molar-refractivity contribution in [2.75, 3.05) is 19.7 Å². The second kappa shape index (κ2) is 6.99. The zero-order valence-electron chi connectivity index (χ0n) is 15.4. The summed E-state index contributed by atoms with van der Waals surface area (Å²) in [6, 6.07) is 5.99. The van der Waals surface area contributed by atoms with Crippen LogP contribution in [0.15, 0.2) is 12.1 Å². The number of likely N-dealkylation sites (tertiary alicyclic amines) is 1. The minimum atomic E-state index is -0.496. The fraction of sp³-hybridized carbons (Fsp3) is 0.550. The first-order valence-corrected chi connectivity index (χ1v) is 8.91. The molecule has 0 radical (unpaired) electrons. The Labute approximate surface area is 153 Å². The van der Waals surface area contributed by atoms with Gasteiger partial charge in [-0.1, -0.05) is 6.07 Å². The van der Waals surface area contributed by atoms with Crippen LogP contribution in [0.3, 0.4) is 0 Å². The molecular formula is C20H24N2O4. The fourth-order valence-corrected chi connectivity index (χ4v) is 3.41. The molecule has 1 aromatic rings. The van der Waals surface area contributed by atoms with E-state index >= 15 is 0 Å². The normalized spacial score (nSPS) is 19.3. The zero-order chi connectivity index (χ0) is 18.9. The van der Waals surface area contributed by atoms with Gasteiger partial charge < -0.3 is 19.2 Å². The number of fused-ring (bicyclic) bond motifs is 1. The van der Waals surface area contributed by atoms with Gasteiger partial charge in [0.15, 0.2) is 0 Å². The molecule has 1 aliphatic carbocycles. The summed E-state index contributed by atoms with van der Waals surface area (Å²) in [5.74, 6) is 0.750. The second-order valence-electron chi connectivity index (χ2n) is 8.05. The lowest BCUT2D eigenvalue weighted by atomic mass is 10.0. The van der Waals surface area contributed by atoms with E-state index in [-0.39, 0.29) is 17.9 Å². The van der Waals surface area contributed by atoms with Gasteiger partial charge in [0.25, 0.3) is 0 Å². The van der Waals surface area contributed by atoms with E-state index in [1.807, 2.05) is 32.9 Å². The number of rotatable bonds is 4. The summed E-state index contributed by atoms with van der Waals surface area (Å²) in [7, 11) is 0. The smallest absolute Gasteiger partial charge is 0.410 e. The van der Waals surface area contributed by atoms with Gasteiger partial charge >= 0.3 is 6.09 Å². The van der Waals surface area contributed by atoms with E-state index in [0.717, 1.165) is 17.4 Å². The van der Waals surface area contributed by atoms with Crippen molar-refractivity contribution in [2.24, 2.45) is 11.8 Å². The molecule has 3 rings (SSSR count). The third-order valence-corrected chi connectivity index (χ3v) is 4.71. The molecule has 1 heterocycles. The van der Waals surface area contributed by atoms with Gasteiger partial charge in [0, 0.05) is 24.9 Å². The maximum Gasteiger partial charge on any atom is 0.410 e. The van der Waals surface area contributed by atoms with Gasteiger partial charge in [0.1, 0.15) is 23.7 Å². The van der Waals surface area contributed by atoms with Crippen molar-refractivity contribution < 1.29 is 19.1 Å². The molecule has 0 N–H and O–H groups in total. The topological polar surface area (TPSA) is 79.6 Å². The number of nitriles is 1. The largest absolute Gasteiger partial charge is 0.492 e. The first kappa shape index (κ1) is 18.2. The van der Waals surface area contributed by atoms with Crippen LogP contribution in [-0.2, 0) is 22.4 Å². The summed E-state index contributed by atoms with van der Waals surface area (Å²) in [6.45, 7) is 7.17. The highest BCUT2D eigenvalue weighted by Crippen LogP contribution is 2.34. The molecule has 0 bridgehead atoms. The summed E-state index contributed by atoms with van der Waals surface area (Å²) in [4.78, 5) is 24.6. The van der Waals surface area contributed by atoms with Gasteiger partial charge in [-0.25, -0.2) is 4.79 Å². The number of amides is 1. The molecular weight excluding hydrogens is 332 g/mol. The maximum atomic E-state index is 11.9. The fourth-order valence-electron chi connectivity index (χ4n) is 3.41. The van der Waals surface area contributed by atoms with Crippen LogP contribution in [0.2, 0.25) is 0 Å². The number of carbonyl (C=O) groups excluding carboxylic acids is 2. The molecule has 6 heteroatoms. The Morgan fingerprint density at radius 2 is 2.08 bits per heavy atom. The van der Waals surface area contributed by atoms with Crippen LogP contribution in [0, 0.1) is 23.2 Å². The summed E-state index contributed by atoms with van der Waals surface area (Å²) in [5, 5.41) is 9.51. The maximum absolute atomic E-state index is 11.9. The Kier molecular flexibility index (Phi) is 4.90. The average molecular weight is 356 g/mol. The van der Waals surface area contributed by atoms with E-state index < -0.39 is 5.60 Å². The van der Waals surface area contributed by atoms with Gasteiger partial charge in [-0.2, -0.15) is 5.26 Å². The van der Waals surface area contributed by atoms with Gasteiger partial charge in [-0.3, -0.25) is 0 Å². The van der Waals surface area contributed by atoms with E-state index in [2.05, 4.69) is 6.07 Å². The molecule has 6 nitrogen and oxygen atoms in total. The van der Waals surface area contributed by atoms with Crippen molar-refractivity contribution in [3.63, 3.8) is 0 Å². The standard InChI is InChI=1S/C20H24N2O4/c1-20(2,3)26-19(24)22-9-14(10-22)12-25-18-5-4-15-6-13(11-23)7-16(15)17(18)8-21/h4-5,11,13-14H,6-7,9-10,12H2,1-3H3. The minimum Gasteiger partial charge on any atom is -0.492 e. The van der Waals surface area contributed by atoms with Crippen molar-refractivity contribution in [3.05, 3.63) is 28.8 Å². The number of ether oxygens (including phenoxy) is 2. The van der Waals surface area contributed by atoms with Crippen molar-refractivity contribution in [1.82, 2.24) is 4.90 Å². The first-order valence-electron chi connectivity index (χ1n) is 8.91. The molecule has 1 amide bonds. The van der Waals surface area contributed by atoms with E-state index in [0.29, 0.717) is 43.9 Å². The summed E-state index contributed by atoms with van der Waals surface area (Å²) in [6.07, 6.45) is 1.96. The van der Waals surface area contributed by atoms with Crippen LogP contribution in [0.25, 0.3) is 0 Å². The van der Waals surface area contributed by atoms with Crippen LogP contribution in [0.5, 0.6) is 5.75 Å². The second-order valence-corrected chi connectivity index (χ2v) is 8.05. The SMILES string of the molecule is CC(C)(C)OC(=O)N1CC(COc2ccc3c(c2C#N)CC(C=O)C3)C1. The number of hydrogen-bond acceptors (Lipinski definition) is 5. The molecule has 1 aromatic carbocycles. The van der Waals surface area contributed by atoms with E-state index in [1.54, 1.807) is 4.90 Å². The van der Waals surface area contributed by atoms with Gasteiger partial charge in [-0.05, 0) is 50.8 Å². The molecule has 1 atom stereocenters. The average Bonchev–Trinajstić information content (AvgIpc) is 2.94. The number of benzene rings is 1. The molecule has 26 heavy (non-hydrogen) atoms. The quantitative estimate of drug-likeness (QED) is 0.775. The number of nitrogens with zero attached hydrogens (tertiary/aromatic N) is 2. The van der Waals surface area contributed by atoms with Crippen LogP contribution in [-0.4, -0.2) is 42.6 Å². The Bertz CT molecular complexity index is 754. The van der Waals surface area contributed by atoms with Gasteiger partial charge in [0.05, 0.1) is 12.2 Å². The predicted molar refractivity (Wildman–Crippen MR) is 94.9 cm³/mol. The molecule has 1 fully saturated rings. The molecule has 138 valence electrons. The lowest BCUT2D eigenvalue weighted by Gasteiger charge is -2.39. The number of carbonyl (C=O) groups is 2. The third kappa shape index (κ3) is 3.82. The molecule has 0 aromatic heterocycles. The third-order valence-electron chi connectivity index (χ3n) is 4.71. The van der Waals surface area contributed by atoms with Crippen LogP contribution in [0.4, 0.5) is 4.79 Å². The Morgan fingerprint density at radius 1 is 1.35 bits per heavy atom. The van der Waals surface area contributed by atoms with Crippen molar-refractivity contribution >= 4 is 12.4 Å². The first-order chi connectivity index (χ1) is 12.3. The zero-order valence-corrected chi connectivity index (χ0v) is 15.4. The molecule has 0 saturated carbocycles. The highest BCUT2D eigenvalue weighted by molar-refractivity contribution is 5.69. The highest BCUT2D eigenvalue weighted by atomic mass is 16.6. The van der Waals surface area contributed by atoms with Crippen LogP contribution < -0.4 is 4.74 Å². The summed E-state index contributed by atoms with van der Waals surface area (Å²) < 4.78 is 11.2. The van der Waals surface area contributed by atoms with E-state index in [1.165, 1.54) is 0 Å². The molecule has 1 aliphatic heterocycles. The Morgan fingerprint density at radius 3 is 2.69 bits per heavy atom.